The maximum absolute atomic E-state index is 5.83. The van der Waals surface area contributed by atoms with Crippen LogP contribution in [-0.2, 0) is 25.7 Å². The van der Waals surface area contributed by atoms with Crippen molar-refractivity contribution in [3.8, 4) is 22.3 Å². The zero-order valence-electron chi connectivity index (χ0n) is 18.2. The zero-order chi connectivity index (χ0) is 21.3. The third-order valence-electron chi connectivity index (χ3n) is 5.47. The standard InChI is InChI=1S/C27H35N3/c1-2-4-20-13-21(7-10-28)16-26(15-20)24-5-3-6-25(19-24)27-17-22(8-11-29)14-23(18-27)9-12-30/h3,5-6,13-19H,2,4,7-12,28-30H2,1H3. The lowest BCUT2D eigenvalue weighted by atomic mass is 9.93. The topological polar surface area (TPSA) is 78.1 Å². The van der Waals surface area contributed by atoms with E-state index in [1.807, 2.05) is 0 Å². The quantitative estimate of drug-likeness (QED) is 0.469. The van der Waals surface area contributed by atoms with Crippen LogP contribution in [0.2, 0.25) is 0 Å². The highest BCUT2D eigenvalue weighted by Gasteiger charge is 2.08. The third-order valence-corrected chi connectivity index (χ3v) is 5.47. The first-order chi connectivity index (χ1) is 14.7. The van der Waals surface area contributed by atoms with Gasteiger partial charge in [0.2, 0.25) is 0 Å². The third kappa shape index (κ3) is 5.79. The number of aryl methyl sites for hydroxylation is 1. The monoisotopic (exact) mass is 401 g/mol. The van der Waals surface area contributed by atoms with Crippen LogP contribution in [0.15, 0.2) is 60.7 Å². The number of hydrogen-bond donors (Lipinski definition) is 3. The number of benzene rings is 3. The fraction of sp³-hybridized carbons (Fsp3) is 0.333. The average Bonchev–Trinajstić information content (AvgIpc) is 2.74. The van der Waals surface area contributed by atoms with Crippen LogP contribution in [-0.4, -0.2) is 19.6 Å². The van der Waals surface area contributed by atoms with Crippen molar-refractivity contribution < 1.29 is 0 Å². The molecule has 3 heteroatoms. The highest BCUT2D eigenvalue weighted by Crippen LogP contribution is 2.30. The first-order valence-corrected chi connectivity index (χ1v) is 11.1. The van der Waals surface area contributed by atoms with Crippen LogP contribution >= 0.6 is 0 Å². The molecule has 0 bridgehead atoms. The lowest BCUT2D eigenvalue weighted by molar-refractivity contribution is 0.910. The Balaban J connectivity index is 2.02. The molecule has 158 valence electrons. The summed E-state index contributed by atoms with van der Waals surface area (Å²) in [7, 11) is 0. The highest BCUT2D eigenvalue weighted by molar-refractivity contribution is 5.74. The summed E-state index contributed by atoms with van der Waals surface area (Å²) in [5.74, 6) is 0. The molecule has 0 aliphatic carbocycles. The van der Waals surface area contributed by atoms with Gasteiger partial charge in [-0.2, -0.15) is 0 Å². The van der Waals surface area contributed by atoms with Crippen LogP contribution in [0.5, 0.6) is 0 Å². The lowest BCUT2D eigenvalue weighted by Gasteiger charge is -2.13. The normalized spacial score (nSPS) is 11.1. The summed E-state index contributed by atoms with van der Waals surface area (Å²) in [6, 6.07) is 22.5. The zero-order valence-corrected chi connectivity index (χ0v) is 18.2. The van der Waals surface area contributed by atoms with Crippen LogP contribution in [0.4, 0.5) is 0 Å². The molecule has 6 N–H and O–H groups in total. The molecule has 0 saturated carbocycles. The van der Waals surface area contributed by atoms with E-state index in [-0.39, 0.29) is 0 Å². The van der Waals surface area contributed by atoms with Crippen molar-refractivity contribution in [2.24, 2.45) is 17.2 Å². The smallest absolute Gasteiger partial charge is 0.00367 e. The Morgan fingerprint density at radius 1 is 0.500 bits per heavy atom. The van der Waals surface area contributed by atoms with Crippen molar-refractivity contribution in [2.75, 3.05) is 19.6 Å². The molecular weight excluding hydrogens is 366 g/mol. The molecule has 0 radical (unpaired) electrons. The molecule has 0 atom stereocenters. The highest BCUT2D eigenvalue weighted by atomic mass is 14.5. The number of nitrogens with two attached hydrogens (primary N) is 3. The predicted octanol–water partition coefficient (Wildman–Crippen LogP) is 4.48. The molecule has 3 aromatic carbocycles. The summed E-state index contributed by atoms with van der Waals surface area (Å²) in [6.45, 7) is 4.20. The first kappa shape index (κ1) is 22.2. The Bertz CT molecular complexity index is 839. The molecule has 0 spiro atoms. The molecule has 3 aromatic rings. The summed E-state index contributed by atoms with van der Waals surface area (Å²) in [5.41, 5.74) is 27.7. The molecule has 0 aliphatic heterocycles. The molecule has 0 aromatic heterocycles. The van der Waals surface area contributed by atoms with E-state index in [1.54, 1.807) is 0 Å². The fourth-order valence-electron chi connectivity index (χ4n) is 4.10. The van der Waals surface area contributed by atoms with Crippen LogP contribution < -0.4 is 17.2 Å². The Labute approximate surface area is 181 Å². The summed E-state index contributed by atoms with van der Waals surface area (Å²) >= 11 is 0. The van der Waals surface area contributed by atoms with Crippen molar-refractivity contribution >= 4 is 0 Å². The van der Waals surface area contributed by atoms with Gasteiger partial charge < -0.3 is 17.2 Å². The van der Waals surface area contributed by atoms with E-state index in [2.05, 4.69) is 67.6 Å². The van der Waals surface area contributed by atoms with Gasteiger partial charge in [-0.25, -0.2) is 0 Å². The Morgan fingerprint density at radius 2 is 0.900 bits per heavy atom. The molecule has 0 unspecified atom stereocenters. The van der Waals surface area contributed by atoms with Crippen molar-refractivity contribution in [1.82, 2.24) is 0 Å². The van der Waals surface area contributed by atoms with Crippen molar-refractivity contribution in [3.63, 3.8) is 0 Å². The molecule has 0 aliphatic rings. The second-order valence-corrected chi connectivity index (χ2v) is 8.02. The molecule has 0 fully saturated rings. The minimum absolute atomic E-state index is 0.652. The van der Waals surface area contributed by atoms with E-state index >= 15 is 0 Å². The van der Waals surface area contributed by atoms with Crippen LogP contribution in [0.3, 0.4) is 0 Å². The largest absolute Gasteiger partial charge is 0.330 e. The van der Waals surface area contributed by atoms with Gasteiger partial charge in [0.05, 0.1) is 0 Å². The average molecular weight is 402 g/mol. The predicted molar refractivity (Wildman–Crippen MR) is 130 cm³/mol. The number of hydrogen-bond acceptors (Lipinski definition) is 3. The summed E-state index contributed by atoms with van der Waals surface area (Å²) in [6.07, 6.45) is 4.91. The van der Waals surface area contributed by atoms with Gasteiger partial charge in [-0.15, -0.1) is 0 Å². The molecule has 0 amide bonds. The van der Waals surface area contributed by atoms with Gasteiger partial charge >= 0.3 is 0 Å². The summed E-state index contributed by atoms with van der Waals surface area (Å²) < 4.78 is 0. The van der Waals surface area contributed by atoms with Crippen molar-refractivity contribution in [3.05, 3.63) is 82.9 Å². The van der Waals surface area contributed by atoms with Gasteiger partial charge in [0, 0.05) is 0 Å². The molecular formula is C27H35N3. The Morgan fingerprint density at radius 3 is 1.27 bits per heavy atom. The van der Waals surface area contributed by atoms with E-state index in [1.165, 1.54) is 44.5 Å². The fourth-order valence-corrected chi connectivity index (χ4v) is 4.10. The van der Waals surface area contributed by atoms with Gasteiger partial charge in [0.1, 0.15) is 0 Å². The second kappa shape index (κ2) is 11.1. The summed E-state index contributed by atoms with van der Waals surface area (Å²) in [5, 5.41) is 0. The van der Waals surface area contributed by atoms with Crippen LogP contribution in [0.1, 0.15) is 35.6 Å². The molecule has 0 saturated heterocycles. The SMILES string of the molecule is CCCc1cc(CCN)cc(-c2cccc(-c3cc(CCN)cc(CCN)c3)c2)c1. The van der Waals surface area contributed by atoms with Gasteiger partial charge in [-0.05, 0) is 95.9 Å². The van der Waals surface area contributed by atoms with Crippen molar-refractivity contribution in [2.45, 2.75) is 39.0 Å². The molecule has 3 rings (SSSR count). The van der Waals surface area contributed by atoms with Crippen LogP contribution in [0.25, 0.3) is 22.3 Å². The lowest BCUT2D eigenvalue weighted by Crippen LogP contribution is -2.06. The van der Waals surface area contributed by atoms with Crippen molar-refractivity contribution in [1.29, 1.82) is 0 Å². The molecule has 3 nitrogen and oxygen atoms in total. The number of rotatable bonds is 10. The van der Waals surface area contributed by atoms with Gasteiger partial charge in [0.15, 0.2) is 0 Å². The minimum Gasteiger partial charge on any atom is -0.330 e. The maximum atomic E-state index is 5.83. The maximum Gasteiger partial charge on any atom is -0.00367 e. The van der Waals surface area contributed by atoms with Gasteiger partial charge in [0.25, 0.3) is 0 Å². The minimum atomic E-state index is 0.652. The van der Waals surface area contributed by atoms with E-state index in [4.69, 9.17) is 17.2 Å². The second-order valence-electron chi connectivity index (χ2n) is 8.02. The Hall–Kier alpha value is -2.46. The van der Waals surface area contributed by atoms with E-state index in [0.29, 0.717) is 19.6 Å². The van der Waals surface area contributed by atoms with Crippen LogP contribution in [0, 0.1) is 0 Å². The molecule has 30 heavy (non-hydrogen) atoms. The first-order valence-electron chi connectivity index (χ1n) is 11.1. The van der Waals surface area contributed by atoms with E-state index < -0.39 is 0 Å². The Kier molecular flexibility index (Phi) is 8.21. The summed E-state index contributed by atoms with van der Waals surface area (Å²) in [4.78, 5) is 0. The molecule has 0 heterocycles. The van der Waals surface area contributed by atoms with Gasteiger partial charge in [-0.3, -0.25) is 0 Å². The van der Waals surface area contributed by atoms with E-state index in [0.717, 1.165) is 32.1 Å². The van der Waals surface area contributed by atoms with Gasteiger partial charge in [-0.1, -0.05) is 67.9 Å². The van der Waals surface area contributed by atoms with E-state index in [9.17, 15) is 0 Å².